The Morgan fingerprint density at radius 2 is 2.15 bits per heavy atom. The minimum absolute atomic E-state index is 0. The van der Waals surface area contributed by atoms with Gasteiger partial charge < -0.3 is 20.3 Å². The van der Waals surface area contributed by atoms with Gasteiger partial charge in [0.2, 0.25) is 11.8 Å². The quantitative estimate of drug-likeness (QED) is 0.786. The fourth-order valence-corrected chi connectivity index (χ4v) is 3.48. The topological polar surface area (TPSA) is 70.7 Å². The fraction of sp³-hybridized carbons (Fsp3) is 0.579. The predicted molar refractivity (Wildman–Crippen MR) is 102 cm³/mol. The first-order valence-corrected chi connectivity index (χ1v) is 9.11. The number of piperazine rings is 1. The minimum Gasteiger partial charge on any atom is -0.376 e. The molecule has 144 valence electrons. The molecule has 2 fully saturated rings. The third-order valence-electron chi connectivity index (χ3n) is 4.90. The first kappa shape index (κ1) is 20.7. The van der Waals surface area contributed by atoms with E-state index in [0.717, 1.165) is 25.0 Å². The van der Waals surface area contributed by atoms with Gasteiger partial charge in [-0.25, -0.2) is 0 Å². The minimum atomic E-state index is -0.446. The van der Waals surface area contributed by atoms with E-state index in [1.54, 1.807) is 0 Å². The molecule has 0 saturated carbocycles. The van der Waals surface area contributed by atoms with Crippen LogP contribution in [0, 0.1) is 0 Å². The van der Waals surface area contributed by atoms with Gasteiger partial charge in [0, 0.05) is 26.2 Å². The van der Waals surface area contributed by atoms with Crippen molar-refractivity contribution in [3.8, 4) is 0 Å². The first-order chi connectivity index (χ1) is 12.1. The number of benzene rings is 1. The molecule has 2 saturated heterocycles. The van der Waals surface area contributed by atoms with E-state index in [9.17, 15) is 9.59 Å². The number of hydrogen-bond acceptors (Lipinski definition) is 4. The van der Waals surface area contributed by atoms with Crippen LogP contribution < -0.4 is 10.6 Å². The van der Waals surface area contributed by atoms with E-state index in [1.807, 2.05) is 42.2 Å². The van der Waals surface area contributed by atoms with Gasteiger partial charge in [-0.15, -0.1) is 12.4 Å². The summed E-state index contributed by atoms with van der Waals surface area (Å²) in [6.07, 6.45) is 2.39. The van der Waals surface area contributed by atoms with Crippen molar-refractivity contribution in [3.05, 3.63) is 35.9 Å². The van der Waals surface area contributed by atoms with Crippen LogP contribution in [0.25, 0.3) is 0 Å². The normalized spacial score (nSPS) is 24.0. The maximum absolute atomic E-state index is 12.6. The summed E-state index contributed by atoms with van der Waals surface area (Å²) in [5, 5.41) is 6.15. The Labute approximate surface area is 161 Å². The molecule has 1 aromatic rings. The molecule has 1 aromatic carbocycles. The first-order valence-electron chi connectivity index (χ1n) is 9.11. The highest BCUT2D eigenvalue weighted by molar-refractivity contribution is 5.89. The maximum Gasteiger partial charge on any atom is 0.240 e. The zero-order valence-electron chi connectivity index (χ0n) is 15.1. The third-order valence-corrected chi connectivity index (χ3v) is 4.90. The van der Waals surface area contributed by atoms with Crippen molar-refractivity contribution in [3.63, 3.8) is 0 Å². The second-order valence-corrected chi connectivity index (χ2v) is 6.83. The summed E-state index contributed by atoms with van der Waals surface area (Å²) in [5.41, 5.74) is 1.05. The highest BCUT2D eigenvalue weighted by Crippen LogP contribution is 2.16. The van der Waals surface area contributed by atoms with E-state index in [-0.39, 0.29) is 42.8 Å². The van der Waals surface area contributed by atoms with Gasteiger partial charge in [0.15, 0.2) is 0 Å². The van der Waals surface area contributed by atoms with Gasteiger partial charge in [-0.1, -0.05) is 30.3 Å². The number of amides is 2. The lowest BCUT2D eigenvalue weighted by Gasteiger charge is -2.34. The van der Waals surface area contributed by atoms with Crippen LogP contribution in [0.1, 0.15) is 37.8 Å². The molecule has 3 rings (SSSR count). The molecule has 3 atom stereocenters. The van der Waals surface area contributed by atoms with Gasteiger partial charge in [0.25, 0.3) is 0 Å². The molecule has 0 radical (unpaired) electrons. The summed E-state index contributed by atoms with van der Waals surface area (Å²) in [4.78, 5) is 26.8. The van der Waals surface area contributed by atoms with Crippen LogP contribution in [0.3, 0.4) is 0 Å². The van der Waals surface area contributed by atoms with Crippen molar-refractivity contribution in [2.24, 2.45) is 0 Å². The Morgan fingerprint density at radius 1 is 1.38 bits per heavy atom. The van der Waals surface area contributed by atoms with Gasteiger partial charge in [0.05, 0.1) is 24.6 Å². The van der Waals surface area contributed by atoms with Crippen LogP contribution in [-0.2, 0) is 14.3 Å². The fourth-order valence-electron chi connectivity index (χ4n) is 3.48. The Hall–Kier alpha value is -1.63. The molecule has 0 bridgehead atoms. The molecule has 0 aromatic heterocycles. The van der Waals surface area contributed by atoms with Crippen LogP contribution >= 0.6 is 12.4 Å². The molecule has 2 aliphatic heterocycles. The Bertz CT molecular complexity index is 593. The van der Waals surface area contributed by atoms with E-state index in [0.29, 0.717) is 19.6 Å². The van der Waals surface area contributed by atoms with Crippen molar-refractivity contribution < 1.29 is 14.3 Å². The predicted octanol–water partition coefficient (Wildman–Crippen LogP) is 1.66. The van der Waals surface area contributed by atoms with E-state index >= 15 is 0 Å². The van der Waals surface area contributed by atoms with Crippen molar-refractivity contribution in [1.82, 2.24) is 15.5 Å². The van der Waals surface area contributed by atoms with E-state index in [1.165, 1.54) is 0 Å². The number of hydrogen-bond donors (Lipinski definition) is 2. The SMILES string of the molecule is CC(NC(=O)CC1NCCN(CC2CCCO2)C1=O)c1ccccc1.Cl. The summed E-state index contributed by atoms with van der Waals surface area (Å²) in [7, 11) is 0. The second kappa shape index (κ2) is 9.90. The number of rotatable bonds is 6. The van der Waals surface area contributed by atoms with Gasteiger partial charge in [-0.05, 0) is 25.3 Å². The molecule has 3 unspecified atom stereocenters. The molecule has 0 spiro atoms. The van der Waals surface area contributed by atoms with Crippen molar-refractivity contribution in [1.29, 1.82) is 0 Å². The van der Waals surface area contributed by atoms with Gasteiger partial charge in [-0.3, -0.25) is 9.59 Å². The molecule has 6 nitrogen and oxygen atoms in total. The zero-order valence-corrected chi connectivity index (χ0v) is 16.0. The van der Waals surface area contributed by atoms with Crippen LogP contribution in [0.5, 0.6) is 0 Å². The lowest BCUT2D eigenvalue weighted by molar-refractivity contribution is -0.139. The molecule has 2 aliphatic rings. The molecule has 2 N–H and O–H groups in total. The van der Waals surface area contributed by atoms with Crippen LogP contribution in [-0.4, -0.2) is 55.1 Å². The van der Waals surface area contributed by atoms with Crippen LogP contribution in [0.4, 0.5) is 0 Å². The average Bonchev–Trinajstić information content (AvgIpc) is 3.12. The molecular formula is C19H28ClN3O3. The number of nitrogens with zero attached hydrogens (tertiary/aromatic N) is 1. The Balaban J connectivity index is 0.00000243. The van der Waals surface area contributed by atoms with Crippen molar-refractivity contribution in [2.75, 3.05) is 26.2 Å². The van der Waals surface area contributed by atoms with Crippen LogP contribution in [0.2, 0.25) is 0 Å². The largest absolute Gasteiger partial charge is 0.376 e. The summed E-state index contributed by atoms with van der Waals surface area (Å²) < 4.78 is 5.63. The Morgan fingerprint density at radius 3 is 2.85 bits per heavy atom. The maximum atomic E-state index is 12.6. The molecule has 26 heavy (non-hydrogen) atoms. The van der Waals surface area contributed by atoms with Gasteiger partial charge in [0.1, 0.15) is 0 Å². The summed E-state index contributed by atoms with van der Waals surface area (Å²) in [5.74, 6) is -0.106. The molecule has 0 aliphatic carbocycles. The number of nitrogens with one attached hydrogen (secondary N) is 2. The highest BCUT2D eigenvalue weighted by atomic mass is 35.5. The number of carbonyl (C=O) groups excluding carboxylic acids is 2. The van der Waals surface area contributed by atoms with Crippen molar-refractivity contribution in [2.45, 2.75) is 44.4 Å². The Kier molecular flexibility index (Phi) is 7.87. The standard InChI is InChI=1S/C19H27N3O3.ClH/c1-14(15-6-3-2-4-7-15)21-18(23)12-17-19(24)22(10-9-20-17)13-16-8-5-11-25-16;/h2-4,6-7,14,16-17,20H,5,8-13H2,1H3,(H,21,23);1H. The molecule has 2 amide bonds. The molecule has 7 heteroatoms. The monoisotopic (exact) mass is 381 g/mol. The molecular weight excluding hydrogens is 354 g/mol. The van der Waals surface area contributed by atoms with Crippen molar-refractivity contribution >= 4 is 24.2 Å². The zero-order chi connectivity index (χ0) is 17.6. The van der Waals surface area contributed by atoms with Gasteiger partial charge in [-0.2, -0.15) is 0 Å². The number of ether oxygens (including phenoxy) is 1. The molecule has 2 heterocycles. The summed E-state index contributed by atoms with van der Waals surface area (Å²) in [6.45, 7) is 4.77. The summed E-state index contributed by atoms with van der Waals surface area (Å²) in [6, 6.07) is 9.30. The van der Waals surface area contributed by atoms with E-state index in [4.69, 9.17) is 4.74 Å². The third kappa shape index (κ3) is 5.43. The smallest absolute Gasteiger partial charge is 0.240 e. The summed E-state index contributed by atoms with van der Waals surface area (Å²) >= 11 is 0. The number of halogens is 1. The van der Waals surface area contributed by atoms with Gasteiger partial charge >= 0.3 is 0 Å². The lowest BCUT2D eigenvalue weighted by atomic mass is 10.1. The van der Waals surface area contributed by atoms with Crippen LogP contribution in [0.15, 0.2) is 30.3 Å². The highest BCUT2D eigenvalue weighted by Gasteiger charge is 2.32. The van der Waals surface area contributed by atoms with E-state index in [2.05, 4.69) is 10.6 Å². The lowest BCUT2D eigenvalue weighted by Crippen LogP contribution is -2.57. The second-order valence-electron chi connectivity index (χ2n) is 6.83. The van der Waals surface area contributed by atoms with E-state index < -0.39 is 6.04 Å². The average molecular weight is 382 g/mol. The number of carbonyl (C=O) groups is 2.